The molecule has 25 heavy (non-hydrogen) atoms. The largest absolute Gasteiger partial charge is 0.493 e. The SMILES string of the molecule is COc1cc2c(c(OC)c1OC)C(CN(CCO)CCO)C=NC2=O. The first-order valence-electron chi connectivity index (χ1n) is 7.96. The van der Waals surface area contributed by atoms with Crippen LogP contribution in [0.25, 0.3) is 0 Å². The summed E-state index contributed by atoms with van der Waals surface area (Å²) in [6.07, 6.45) is 1.57. The summed E-state index contributed by atoms with van der Waals surface area (Å²) in [6.45, 7) is 1.22. The quantitative estimate of drug-likeness (QED) is 0.659. The third-order valence-electron chi connectivity index (χ3n) is 4.13. The Morgan fingerprint density at radius 1 is 1.08 bits per heavy atom. The Hall–Kier alpha value is -2.16. The van der Waals surface area contributed by atoms with E-state index in [9.17, 15) is 15.0 Å². The summed E-state index contributed by atoms with van der Waals surface area (Å²) < 4.78 is 16.2. The second-order valence-corrected chi connectivity index (χ2v) is 5.54. The number of aliphatic hydroxyl groups excluding tert-OH is 2. The van der Waals surface area contributed by atoms with Gasteiger partial charge in [-0.15, -0.1) is 0 Å². The van der Waals surface area contributed by atoms with Gasteiger partial charge in [-0.05, 0) is 6.07 Å². The first kappa shape index (κ1) is 19.2. The number of hydrogen-bond acceptors (Lipinski definition) is 7. The predicted octanol–water partition coefficient (Wildman–Crippen LogP) is 0.307. The van der Waals surface area contributed by atoms with Crippen LogP contribution in [0.15, 0.2) is 11.1 Å². The zero-order chi connectivity index (χ0) is 18.4. The van der Waals surface area contributed by atoms with E-state index < -0.39 is 0 Å². The van der Waals surface area contributed by atoms with Crippen molar-refractivity contribution in [2.75, 3.05) is 54.2 Å². The monoisotopic (exact) mass is 352 g/mol. The lowest BCUT2D eigenvalue weighted by Crippen LogP contribution is -2.35. The molecule has 1 aliphatic heterocycles. The van der Waals surface area contributed by atoms with Crippen molar-refractivity contribution >= 4 is 12.1 Å². The number of hydrogen-bond donors (Lipinski definition) is 2. The van der Waals surface area contributed by atoms with E-state index in [4.69, 9.17) is 14.2 Å². The van der Waals surface area contributed by atoms with Crippen LogP contribution in [0, 0.1) is 0 Å². The third kappa shape index (κ3) is 3.92. The second kappa shape index (κ2) is 8.80. The van der Waals surface area contributed by atoms with Crippen molar-refractivity contribution in [3.8, 4) is 17.2 Å². The Morgan fingerprint density at radius 3 is 2.24 bits per heavy atom. The number of ether oxygens (including phenoxy) is 3. The van der Waals surface area contributed by atoms with Gasteiger partial charge in [0, 0.05) is 37.3 Å². The lowest BCUT2D eigenvalue weighted by molar-refractivity contribution is 0.0996. The molecule has 0 fully saturated rings. The molecule has 8 heteroatoms. The van der Waals surface area contributed by atoms with Crippen LogP contribution < -0.4 is 14.2 Å². The summed E-state index contributed by atoms with van der Waals surface area (Å²) in [5, 5.41) is 18.4. The molecule has 0 bridgehead atoms. The van der Waals surface area contributed by atoms with Gasteiger partial charge in [-0.3, -0.25) is 9.69 Å². The Labute approximate surface area is 146 Å². The standard InChI is InChI=1S/C17H24N2O6/c1-23-13-8-12-14(16(25-3)15(13)24-2)11(9-18-17(12)22)10-19(4-6-20)5-7-21/h8-9,11,20-21H,4-7,10H2,1-3H3. The molecule has 1 unspecified atom stereocenters. The van der Waals surface area contributed by atoms with Crippen molar-refractivity contribution in [2.24, 2.45) is 4.99 Å². The molecule has 1 aromatic rings. The van der Waals surface area contributed by atoms with E-state index in [1.54, 1.807) is 12.3 Å². The number of aliphatic imine (C=N–C) groups is 1. The third-order valence-corrected chi connectivity index (χ3v) is 4.13. The molecule has 0 aromatic heterocycles. The minimum absolute atomic E-state index is 0.0290. The van der Waals surface area contributed by atoms with Crippen LogP contribution >= 0.6 is 0 Å². The fraction of sp³-hybridized carbons (Fsp3) is 0.529. The molecule has 0 saturated heterocycles. The number of amides is 1. The highest BCUT2D eigenvalue weighted by Gasteiger charge is 2.32. The number of benzene rings is 1. The Balaban J connectivity index is 2.51. The summed E-state index contributed by atoms with van der Waals surface area (Å²) in [5.74, 6) is 0.605. The number of fused-ring (bicyclic) bond motifs is 1. The first-order chi connectivity index (χ1) is 12.1. The lowest BCUT2D eigenvalue weighted by Gasteiger charge is -2.29. The molecule has 2 rings (SSSR count). The van der Waals surface area contributed by atoms with Crippen LogP contribution in [0.3, 0.4) is 0 Å². The molecule has 8 nitrogen and oxygen atoms in total. The van der Waals surface area contributed by atoms with Gasteiger partial charge in [0.15, 0.2) is 11.5 Å². The molecule has 1 aromatic carbocycles. The first-order valence-corrected chi connectivity index (χ1v) is 7.96. The van der Waals surface area contributed by atoms with Crippen LogP contribution in [0.2, 0.25) is 0 Å². The van der Waals surface area contributed by atoms with E-state index in [0.29, 0.717) is 48.0 Å². The van der Waals surface area contributed by atoms with E-state index in [1.165, 1.54) is 21.3 Å². The molecule has 0 saturated carbocycles. The smallest absolute Gasteiger partial charge is 0.277 e. The summed E-state index contributed by atoms with van der Waals surface area (Å²) in [4.78, 5) is 18.1. The van der Waals surface area contributed by atoms with Crippen molar-refractivity contribution < 1.29 is 29.2 Å². The number of carbonyl (C=O) groups is 1. The van der Waals surface area contributed by atoms with E-state index >= 15 is 0 Å². The average molecular weight is 352 g/mol. The van der Waals surface area contributed by atoms with Crippen molar-refractivity contribution in [1.82, 2.24) is 4.90 Å². The maximum Gasteiger partial charge on any atom is 0.277 e. The van der Waals surface area contributed by atoms with Crippen molar-refractivity contribution in [3.05, 3.63) is 17.2 Å². The fourth-order valence-electron chi connectivity index (χ4n) is 3.02. The Kier molecular flexibility index (Phi) is 6.74. The van der Waals surface area contributed by atoms with Crippen LogP contribution in [0.1, 0.15) is 21.8 Å². The van der Waals surface area contributed by atoms with Crippen LogP contribution in [0.4, 0.5) is 0 Å². The molecule has 1 atom stereocenters. The van der Waals surface area contributed by atoms with Gasteiger partial charge < -0.3 is 24.4 Å². The number of rotatable bonds is 9. The van der Waals surface area contributed by atoms with E-state index in [2.05, 4.69) is 4.99 Å². The summed E-state index contributed by atoms with van der Waals surface area (Å²) in [7, 11) is 4.50. The molecule has 1 aliphatic rings. The summed E-state index contributed by atoms with van der Waals surface area (Å²) >= 11 is 0. The number of nitrogens with zero attached hydrogens (tertiary/aromatic N) is 2. The van der Waals surface area contributed by atoms with E-state index in [-0.39, 0.29) is 25.0 Å². The number of methoxy groups -OCH3 is 3. The van der Waals surface area contributed by atoms with Crippen LogP contribution in [0.5, 0.6) is 17.2 Å². The average Bonchev–Trinajstić information content (AvgIpc) is 2.62. The van der Waals surface area contributed by atoms with Gasteiger partial charge in [-0.25, -0.2) is 4.99 Å². The van der Waals surface area contributed by atoms with Gasteiger partial charge in [-0.1, -0.05) is 0 Å². The predicted molar refractivity (Wildman–Crippen MR) is 92.3 cm³/mol. The van der Waals surface area contributed by atoms with E-state index in [0.717, 1.165) is 0 Å². The molecule has 2 N–H and O–H groups in total. The van der Waals surface area contributed by atoms with Gasteiger partial charge in [0.05, 0.1) is 40.1 Å². The highest BCUT2D eigenvalue weighted by molar-refractivity contribution is 6.06. The molecule has 1 heterocycles. The van der Waals surface area contributed by atoms with Gasteiger partial charge >= 0.3 is 0 Å². The van der Waals surface area contributed by atoms with E-state index in [1.807, 2.05) is 4.90 Å². The fourth-order valence-corrected chi connectivity index (χ4v) is 3.02. The Bertz CT molecular complexity index is 641. The van der Waals surface area contributed by atoms with Gasteiger partial charge in [0.2, 0.25) is 5.75 Å². The van der Waals surface area contributed by atoms with Crippen molar-refractivity contribution in [3.63, 3.8) is 0 Å². The Morgan fingerprint density at radius 2 is 1.72 bits per heavy atom. The second-order valence-electron chi connectivity index (χ2n) is 5.54. The van der Waals surface area contributed by atoms with Crippen LogP contribution in [-0.2, 0) is 0 Å². The zero-order valence-electron chi connectivity index (χ0n) is 14.7. The molecule has 0 aliphatic carbocycles. The topological polar surface area (TPSA) is 101 Å². The number of aliphatic hydroxyl groups is 2. The van der Waals surface area contributed by atoms with Crippen LogP contribution in [-0.4, -0.2) is 81.4 Å². The molecule has 0 spiro atoms. The molecule has 1 amide bonds. The minimum atomic E-state index is -0.374. The molecular formula is C17H24N2O6. The van der Waals surface area contributed by atoms with Gasteiger partial charge in [-0.2, -0.15) is 0 Å². The highest BCUT2D eigenvalue weighted by atomic mass is 16.5. The summed E-state index contributed by atoms with van der Waals surface area (Å²) in [5.41, 5.74) is 1.07. The lowest BCUT2D eigenvalue weighted by atomic mass is 9.90. The molecule has 138 valence electrons. The zero-order valence-corrected chi connectivity index (χ0v) is 14.7. The summed E-state index contributed by atoms with van der Waals surface area (Å²) in [6, 6.07) is 1.60. The van der Waals surface area contributed by atoms with Gasteiger partial charge in [0.1, 0.15) is 0 Å². The maximum absolute atomic E-state index is 12.3. The van der Waals surface area contributed by atoms with Gasteiger partial charge in [0.25, 0.3) is 5.91 Å². The number of carbonyl (C=O) groups excluding carboxylic acids is 1. The van der Waals surface area contributed by atoms with Crippen molar-refractivity contribution in [1.29, 1.82) is 0 Å². The highest BCUT2D eigenvalue weighted by Crippen LogP contribution is 2.46. The molecular weight excluding hydrogens is 328 g/mol. The molecule has 0 radical (unpaired) electrons. The van der Waals surface area contributed by atoms with Crippen molar-refractivity contribution in [2.45, 2.75) is 5.92 Å². The maximum atomic E-state index is 12.3. The normalized spacial score (nSPS) is 16.1. The minimum Gasteiger partial charge on any atom is -0.493 e.